The second-order valence-electron chi connectivity index (χ2n) is 6.61. The number of hydrogen-bond acceptors (Lipinski definition) is 2. The number of aliphatic imine (C=N–C) groups is 1. The Morgan fingerprint density at radius 1 is 1.26 bits per heavy atom. The molecule has 1 aromatic rings. The van der Waals surface area contributed by atoms with Crippen LogP contribution in [0.4, 0.5) is 0 Å². The van der Waals surface area contributed by atoms with Crippen molar-refractivity contribution in [2.24, 2.45) is 12.0 Å². The minimum absolute atomic E-state index is 0. The highest BCUT2D eigenvalue weighted by Gasteiger charge is 2.15. The second-order valence-corrected chi connectivity index (χ2v) is 7.37. The summed E-state index contributed by atoms with van der Waals surface area (Å²) in [6.45, 7) is 3.74. The quantitative estimate of drug-likeness (QED) is 0.285. The predicted molar refractivity (Wildman–Crippen MR) is 123 cm³/mol. The number of amides is 1. The van der Waals surface area contributed by atoms with Gasteiger partial charge in [0.1, 0.15) is 5.15 Å². The van der Waals surface area contributed by atoms with Crippen molar-refractivity contribution in [2.75, 3.05) is 13.1 Å². The van der Waals surface area contributed by atoms with Crippen molar-refractivity contribution < 1.29 is 4.79 Å². The van der Waals surface area contributed by atoms with Crippen LogP contribution in [-0.4, -0.2) is 35.6 Å². The zero-order valence-electron chi connectivity index (χ0n) is 16.0. The molecular weight excluding hydrogens is 500 g/mol. The molecule has 0 atom stereocenters. The van der Waals surface area contributed by atoms with Gasteiger partial charge < -0.3 is 20.5 Å². The van der Waals surface area contributed by atoms with E-state index in [0.717, 1.165) is 25.1 Å². The van der Waals surface area contributed by atoms with Crippen LogP contribution >= 0.6 is 47.2 Å². The SMILES string of the molecule is CCNC(=NCc1cc(Cl)c(Cl)n1C)NCCC(=O)NC1CCCCC1.I. The molecule has 0 saturated heterocycles. The summed E-state index contributed by atoms with van der Waals surface area (Å²) >= 11 is 12.1. The Kier molecular flexibility index (Phi) is 11.5. The molecule has 0 aliphatic heterocycles. The van der Waals surface area contributed by atoms with E-state index in [0.29, 0.717) is 41.7 Å². The lowest BCUT2D eigenvalue weighted by molar-refractivity contribution is -0.121. The van der Waals surface area contributed by atoms with Gasteiger partial charge in [0.25, 0.3) is 0 Å². The van der Waals surface area contributed by atoms with Crippen LogP contribution in [0.5, 0.6) is 0 Å². The number of halogens is 3. The first-order valence-corrected chi connectivity index (χ1v) is 10.1. The Morgan fingerprint density at radius 3 is 2.56 bits per heavy atom. The molecule has 3 N–H and O–H groups in total. The van der Waals surface area contributed by atoms with Crippen LogP contribution < -0.4 is 16.0 Å². The van der Waals surface area contributed by atoms with Crippen LogP contribution in [0, 0.1) is 0 Å². The van der Waals surface area contributed by atoms with E-state index < -0.39 is 0 Å². The number of aromatic nitrogens is 1. The third kappa shape index (κ3) is 8.07. The van der Waals surface area contributed by atoms with Gasteiger partial charge >= 0.3 is 0 Å². The van der Waals surface area contributed by atoms with Gasteiger partial charge in [-0.05, 0) is 25.8 Å². The summed E-state index contributed by atoms with van der Waals surface area (Å²) < 4.78 is 1.81. The van der Waals surface area contributed by atoms with Crippen LogP contribution in [0.2, 0.25) is 10.2 Å². The summed E-state index contributed by atoms with van der Waals surface area (Å²) in [5.74, 6) is 0.771. The number of guanidine groups is 1. The Labute approximate surface area is 188 Å². The van der Waals surface area contributed by atoms with E-state index in [-0.39, 0.29) is 29.9 Å². The molecule has 0 radical (unpaired) electrons. The highest BCUT2D eigenvalue weighted by Crippen LogP contribution is 2.25. The van der Waals surface area contributed by atoms with Crippen LogP contribution in [0.15, 0.2) is 11.1 Å². The largest absolute Gasteiger partial charge is 0.357 e. The van der Waals surface area contributed by atoms with Crippen molar-refractivity contribution in [3.05, 3.63) is 21.9 Å². The Bertz CT molecular complexity index is 630. The molecule has 9 heteroatoms. The van der Waals surface area contributed by atoms with E-state index >= 15 is 0 Å². The van der Waals surface area contributed by atoms with E-state index in [1.165, 1.54) is 19.3 Å². The lowest BCUT2D eigenvalue weighted by atomic mass is 9.95. The summed E-state index contributed by atoms with van der Waals surface area (Å²) in [6.07, 6.45) is 6.36. The van der Waals surface area contributed by atoms with Gasteiger partial charge in [-0.15, -0.1) is 24.0 Å². The van der Waals surface area contributed by atoms with Crippen molar-refractivity contribution in [3.8, 4) is 0 Å². The number of rotatable bonds is 7. The monoisotopic (exact) mass is 529 g/mol. The fourth-order valence-corrected chi connectivity index (χ4v) is 3.50. The second kappa shape index (κ2) is 12.7. The molecule has 0 bridgehead atoms. The van der Waals surface area contributed by atoms with Crippen molar-refractivity contribution in [3.63, 3.8) is 0 Å². The molecule has 0 aromatic carbocycles. The maximum absolute atomic E-state index is 12.1. The first-order valence-electron chi connectivity index (χ1n) is 9.32. The van der Waals surface area contributed by atoms with Crippen LogP contribution in [0.3, 0.4) is 0 Å². The van der Waals surface area contributed by atoms with Crippen molar-refractivity contribution in [1.82, 2.24) is 20.5 Å². The average molecular weight is 530 g/mol. The molecule has 2 rings (SSSR count). The van der Waals surface area contributed by atoms with E-state index in [1.54, 1.807) is 0 Å². The number of carbonyl (C=O) groups is 1. The first-order chi connectivity index (χ1) is 12.5. The van der Waals surface area contributed by atoms with Gasteiger partial charge in [-0.1, -0.05) is 42.5 Å². The van der Waals surface area contributed by atoms with Gasteiger partial charge in [0.2, 0.25) is 5.91 Å². The normalized spacial score (nSPS) is 15.2. The number of carbonyl (C=O) groups excluding carboxylic acids is 1. The fraction of sp³-hybridized carbons (Fsp3) is 0.667. The molecule has 1 heterocycles. The zero-order valence-corrected chi connectivity index (χ0v) is 19.8. The van der Waals surface area contributed by atoms with Gasteiger partial charge in [-0.2, -0.15) is 0 Å². The lowest BCUT2D eigenvalue weighted by Gasteiger charge is -2.22. The van der Waals surface area contributed by atoms with Crippen LogP contribution in [-0.2, 0) is 18.4 Å². The van der Waals surface area contributed by atoms with Gasteiger partial charge in [0.05, 0.1) is 11.6 Å². The summed E-state index contributed by atoms with van der Waals surface area (Å²) in [5, 5.41) is 10.5. The molecule has 1 fully saturated rings. The number of hydrogen-bond donors (Lipinski definition) is 3. The Hall–Kier alpha value is -0.670. The molecule has 1 aliphatic rings. The topological polar surface area (TPSA) is 70.5 Å². The minimum Gasteiger partial charge on any atom is -0.357 e. The predicted octanol–water partition coefficient (Wildman–Crippen LogP) is 3.84. The molecule has 1 aliphatic carbocycles. The van der Waals surface area contributed by atoms with E-state index in [9.17, 15) is 4.79 Å². The van der Waals surface area contributed by atoms with Gasteiger partial charge in [-0.25, -0.2) is 4.99 Å². The molecular formula is C18H30Cl2IN5O. The molecule has 154 valence electrons. The molecule has 27 heavy (non-hydrogen) atoms. The smallest absolute Gasteiger partial charge is 0.221 e. The summed E-state index contributed by atoms with van der Waals surface area (Å²) in [5.41, 5.74) is 0.923. The van der Waals surface area contributed by atoms with Crippen LogP contribution in [0.25, 0.3) is 0 Å². The van der Waals surface area contributed by atoms with E-state index in [1.807, 2.05) is 24.6 Å². The lowest BCUT2D eigenvalue weighted by Crippen LogP contribution is -2.41. The molecule has 1 saturated carbocycles. The van der Waals surface area contributed by atoms with Gasteiger partial charge in [-0.3, -0.25) is 4.79 Å². The van der Waals surface area contributed by atoms with Crippen LogP contribution in [0.1, 0.15) is 51.1 Å². The first kappa shape index (κ1) is 24.4. The summed E-state index contributed by atoms with van der Waals surface area (Å²) in [7, 11) is 1.86. The number of nitrogens with zero attached hydrogens (tertiary/aromatic N) is 2. The minimum atomic E-state index is 0. The molecule has 1 amide bonds. The summed E-state index contributed by atoms with van der Waals surface area (Å²) in [6, 6.07) is 2.17. The van der Waals surface area contributed by atoms with Crippen molar-refractivity contribution in [1.29, 1.82) is 0 Å². The maximum Gasteiger partial charge on any atom is 0.221 e. The van der Waals surface area contributed by atoms with Crippen molar-refractivity contribution >= 4 is 59.0 Å². The van der Waals surface area contributed by atoms with Crippen molar-refractivity contribution in [2.45, 2.75) is 58.0 Å². The molecule has 1 aromatic heterocycles. The molecule has 0 unspecified atom stereocenters. The fourth-order valence-electron chi connectivity index (χ4n) is 3.08. The highest BCUT2D eigenvalue weighted by molar-refractivity contribution is 14.0. The Morgan fingerprint density at radius 2 is 1.96 bits per heavy atom. The number of nitrogens with one attached hydrogen (secondary N) is 3. The third-order valence-corrected chi connectivity index (χ3v) is 5.42. The molecule has 6 nitrogen and oxygen atoms in total. The maximum atomic E-state index is 12.1. The third-order valence-electron chi connectivity index (χ3n) is 4.57. The average Bonchev–Trinajstić information content (AvgIpc) is 2.87. The summed E-state index contributed by atoms with van der Waals surface area (Å²) in [4.78, 5) is 16.6. The van der Waals surface area contributed by atoms with E-state index in [4.69, 9.17) is 23.2 Å². The zero-order chi connectivity index (χ0) is 18.9. The highest BCUT2D eigenvalue weighted by atomic mass is 127. The van der Waals surface area contributed by atoms with Gasteiger partial charge in [0.15, 0.2) is 5.96 Å². The Balaban J connectivity index is 0.00000364. The molecule has 0 spiro atoms. The standard InChI is InChI=1S/C18H29Cl2N5O.HI/c1-3-21-18(23-12-14-11-15(19)17(20)25(14)2)22-10-9-16(26)24-13-7-5-4-6-8-13;/h11,13H,3-10,12H2,1-2H3,(H,24,26)(H2,21,22,23);1H. The van der Waals surface area contributed by atoms with E-state index in [2.05, 4.69) is 20.9 Å². The van der Waals surface area contributed by atoms with Gasteiger partial charge in [0, 0.05) is 38.3 Å².